The molecule has 1 N–H and O–H groups in total. The summed E-state index contributed by atoms with van der Waals surface area (Å²) < 4.78 is 0. The Morgan fingerprint density at radius 2 is 1.56 bits per heavy atom. The minimum Gasteiger partial charge on any atom is -0.351 e. The maximum Gasteiger partial charge on any atom is 0.253 e. The number of rotatable bonds is 6. The zero-order valence-corrected chi connectivity index (χ0v) is 15.9. The van der Waals surface area contributed by atoms with Gasteiger partial charge in [-0.15, -0.1) is 0 Å². The van der Waals surface area contributed by atoms with E-state index in [-0.39, 0.29) is 11.8 Å². The first-order chi connectivity index (χ1) is 13.2. The number of carbonyl (C=O) groups excluding carboxylic acids is 2. The first kappa shape index (κ1) is 19.1. The smallest absolute Gasteiger partial charge is 0.253 e. The zero-order chi connectivity index (χ0) is 19.1. The molecule has 2 amide bonds. The molecule has 142 valence electrons. The van der Waals surface area contributed by atoms with Crippen LogP contribution in [0, 0.1) is 0 Å². The van der Waals surface area contributed by atoms with Gasteiger partial charge in [-0.05, 0) is 29.7 Å². The van der Waals surface area contributed by atoms with E-state index in [9.17, 15) is 9.59 Å². The summed E-state index contributed by atoms with van der Waals surface area (Å²) in [4.78, 5) is 28.7. The molecule has 1 fully saturated rings. The second-order valence-electron chi connectivity index (χ2n) is 6.88. The largest absolute Gasteiger partial charge is 0.351 e. The van der Waals surface area contributed by atoms with Crippen molar-refractivity contribution < 1.29 is 9.59 Å². The third kappa shape index (κ3) is 5.41. The standard InChI is InChI=1S/C22H27N3O2/c1-2-18-8-10-20(11-9-18)22(27)25-14-12-24(13-15-25)17-21(26)23-16-19-6-4-3-5-7-19/h3-11H,2,12-17H2,1H3,(H,23,26). The van der Waals surface area contributed by atoms with Crippen LogP contribution in [0.25, 0.3) is 0 Å². The molecule has 0 radical (unpaired) electrons. The monoisotopic (exact) mass is 365 g/mol. The first-order valence-corrected chi connectivity index (χ1v) is 9.57. The Kier molecular flexibility index (Phi) is 6.60. The molecule has 0 saturated carbocycles. The first-order valence-electron chi connectivity index (χ1n) is 9.57. The highest BCUT2D eigenvalue weighted by atomic mass is 16.2. The summed E-state index contributed by atoms with van der Waals surface area (Å²) in [6.45, 7) is 5.77. The molecule has 0 atom stereocenters. The van der Waals surface area contributed by atoms with E-state index in [1.165, 1.54) is 5.56 Å². The van der Waals surface area contributed by atoms with Gasteiger partial charge in [0.25, 0.3) is 5.91 Å². The average Bonchev–Trinajstić information content (AvgIpc) is 2.73. The van der Waals surface area contributed by atoms with Crippen LogP contribution in [-0.4, -0.2) is 54.3 Å². The maximum atomic E-state index is 12.6. The summed E-state index contributed by atoms with van der Waals surface area (Å²) >= 11 is 0. The van der Waals surface area contributed by atoms with Crippen LogP contribution in [0.15, 0.2) is 54.6 Å². The average molecular weight is 365 g/mol. The van der Waals surface area contributed by atoms with Gasteiger partial charge in [-0.1, -0.05) is 49.4 Å². The summed E-state index contributed by atoms with van der Waals surface area (Å²) in [6.07, 6.45) is 0.972. The molecular weight excluding hydrogens is 338 g/mol. The van der Waals surface area contributed by atoms with Gasteiger partial charge in [-0.3, -0.25) is 14.5 Å². The molecule has 0 unspecified atom stereocenters. The van der Waals surface area contributed by atoms with Crippen LogP contribution in [0.5, 0.6) is 0 Å². The second-order valence-corrected chi connectivity index (χ2v) is 6.88. The number of nitrogens with one attached hydrogen (secondary N) is 1. The Balaban J connectivity index is 1.42. The summed E-state index contributed by atoms with van der Waals surface area (Å²) in [5, 5.41) is 2.96. The van der Waals surface area contributed by atoms with E-state index < -0.39 is 0 Å². The highest BCUT2D eigenvalue weighted by Gasteiger charge is 2.23. The van der Waals surface area contributed by atoms with Gasteiger partial charge in [-0.2, -0.15) is 0 Å². The van der Waals surface area contributed by atoms with E-state index in [1.807, 2.05) is 59.5 Å². The Morgan fingerprint density at radius 3 is 2.19 bits per heavy atom. The summed E-state index contributed by atoms with van der Waals surface area (Å²) in [6, 6.07) is 17.7. The van der Waals surface area contributed by atoms with Crippen molar-refractivity contribution in [2.45, 2.75) is 19.9 Å². The molecule has 27 heavy (non-hydrogen) atoms. The third-order valence-electron chi connectivity index (χ3n) is 4.97. The van der Waals surface area contributed by atoms with Gasteiger partial charge >= 0.3 is 0 Å². The van der Waals surface area contributed by atoms with Crippen molar-refractivity contribution in [1.29, 1.82) is 0 Å². The summed E-state index contributed by atoms with van der Waals surface area (Å²) in [5.74, 6) is 0.0969. The van der Waals surface area contributed by atoms with Crippen molar-refractivity contribution in [2.75, 3.05) is 32.7 Å². The van der Waals surface area contributed by atoms with E-state index in [4.69, 9.17) is 0 Å². The SMILES string of the molecule is CCc1ccc(C(=O)N2CCN(CC(=O)NCc3ccccc3)CC2)cc1. The van der Waals surface area contributed by atoms with Crippen LogP contribution < -0.4 is 5.32 Å². The molecule has 0 aliphatic carbocycles. The molecule has 2 aromatic rings. The van der Waals surface area contributed by atoms with Crippen molar-refractivity contribution in [2.24, 2.45) is 0 Å². The van der Waals surface area contributed by atoms with E-state index in [0.717, 1.165) is 30.6 Å². The number of piperazine rings is 1. The fraction of sp³-hybridized carbons (Fsp3) is 0.364. The number of amides is 2. The predicted octanol–water partition coefficient (Wildman–Crippen LogP) is 2.32. The third-order valence-corrected chi connectivity index (χ3v) is 4.97. The Hall–Kier alpha value is -2.66. The molecule has 1 aliphatic rings. The number of nitrogens with zero attached hydrogens (tertiary/aromatic N) is 2. The fourth-order valence-corrected chi connectivity index (χ4v) is 3.23. The van der Waals surface area contributed by atoms with E-state index in [0.29, 0.717) is 26.2 Å². The normalized spacial score (nSPS) is 14.8. The maximum absolute atomic E-state index is 12.6. The molecule has 5 nitrogen and oxygen atoms in total. The zero-order valence-electron chi connectivity index (χ0n) is 15.9. The highest BCUT2D eigenvalue weighted by Crippen LogP contribution is 2.11. The molecule has 1 saturated heterocycles. The van der Waals surface area contributed by atoms with Crippen LogP contribution in [0.2, 0.25) is 0 Å². The Bertz CT molecular complexity index is 751. The van der Waals surface area contributed by atoms with Crippen molar-refractivity contribution in [3.8, 4) is 0 Å². The molecule has 2 aromatic carbocycles. The number of aryl methyl sites for hydroxylation is 1. The minimum atomic E-state index is 0.0220. The molecule has 0 spiro atoms. The van der Waals surface area contributed by atoms with Gasteiger partial charge in [-0.25, -0.2) is 0 Å². The van der Waals surface area contributed by atoms with E-state index in [2.05, 4.69) is 17.1 Å². The van der Waals surface area contributed by atoms with Crippen LogP contribution in [-0.2, 0) is 17.8 Å². The van der Waals surface area contributed by atoms with Crippen LogP contribution in [0.3, 0.4) is 0 Å². The minimum absolute atomic E-state index is 0.0220. The van der Waals surface area contributed by atoms with Crippen molar-refractivity contribution in [3.63, 3.8) is 0 Å². The van der Waals surface area contributed by atoms with Gasteiger partial charge in [0.05, 0.1) is 6.54 Å². The molecule has 3 rings (SSSR count). The molecule has 0 aromatic heterocycles. The van der Waals surface area contributed by atoms with Gasteiger partial charge in [0.1, 0.15) is 0 Å². The lowest BCUT2D eigenvalue weighted by molar-refractivity contribution is -0.122. The lowest BCUT2D eigenvalue weighted by Gasteiger charge is -2.34. The number of hydrogen-bond donors (Lipinski definition) is 1. The molecule has 5 heteroatoms. The van der Waals surface area contributed by atoms with Gasteiger partial charge < -0.3 is 10.2 Å². The number of benzene rings is 2. The van der Waals surface area contributed by atoms with Crippen molar-refractivity contribution >= 4 is 11.8 Å². The topological polar surface area (TPSA) is 52.7 Å². The van der Waals surface area contributed by atoms with Crippen LogP contribution >= 0.6 is 0 Å². The lowest BCUT2D eigenvalue weighted by Crippen LogP contribution is -2.51. The Labute approximate surface area is 161 Å². The molecule has 1 heterocycles. The second kappa shape index (κ2) is 9.33. The Morgan fingerprint density at radius 1 is 0.889 bits per heavy atom. The fourth-order valence-electron chi connectivity index (χ4n) is 3.23. The summed E-state index contributed by atoms with van der Waals surface area (Å²) in [7, 11) is 0. The number of carbonyl (C=O) groups is 2. The van der Waals surface area contributed by atoms with Gasteiger partial charge in [0, 0.05) is 38.3 Å². The number of hydrogen-bond acceptors (Lipinski definition) is 3. The predicted molar refractivity (Wildman–Crippen MR) is 106 cm³/mol. The van der Waals surface area contributed by atoms with Crippen molar-refractivity contribution in [3.05, 3.63) is 71.3 Å². The van der Waals surface area contributed by atoms with Crippen LogP contribution in [0.4, 0.5) is 0 Å². The highest BCUT2D eigenvalue weighted by molar-refractivity contribution is 5.94. The van der Waals surface area contributed by atoms with Crippen LogP contribution in [0.1, 0.15) is 28.4 Å². The molecule has 0 bridgehead atoms. The van der Waals surface area contributed by atoms with E-state index in [1.54, 1.807) is 0 Å². The lowest BCUT2D eigenvalue weighted by atomic mass is 10.1. The molecular formula is C22H27N3O2. The van der Waals surface area contributed by atoms with Gasteiger partial charge in [0.2, 0.25) is 5.91 Å². The summed E-state index contributed by atoms with van der Waals surface area (Å²) in [5.41, 5.74) is 3.06. The quantitative estimate of drug-likeness (QED) is 0.855. The molecule has 1 aliphatic heterocycles. The van der Waals surface area contributed by atoms with Gasteiger partial charge in [0.15, 0.2) is 0 Å². The van der Waals surface area contributed by atoms with E-state index >= 15 is 0 Å². The van der Waals surface area contributed by atoms with Crippen molar-refractivity contribution in [1.82, 2.24) is 15.1 Å².